The summed E-state index contributed by atoms with van der Waals surface area (Å²) < 4.78 is 3.69. The highest BCUT2D eigenvalue weighted by atomic mass is 16.2. The highest BCUT2D eigenvalue weighted by molar-refractivity contribution is 6.45. The topological polar surface area (TPSA) is 89.2 Å². The molecule has 2 aromatic heterocycles. The number of carbonyl (C=O) groups excluding carboxylic acids is 3. The molecule has 0 atom stereocenters. The number of hydrogen-bond donors (Lipinski definition) is 1. The third kappa shape index (κ3) is 4.27. The van der Waals surface area contributed by atoms with E-state index in [1.807, 2.05) is 39.9 Å². The molecule has 1 aromatic carbocycles. The van der Waals surface area contributed by atoms with Crippen molar-refractivity contribution in [2.24, 2.45) is 0 Å². The van der Waals surface area contributed by atoms with Crippen LogP contribution in [0.5, 0.6) is 0 Å². The average Bonchev–Trinajstić information content (AvgIpc) is 3.52. The van der Waals surface area contributed by atoms with Gasteiger partial charge in [0.1, 0.15) is 6.54 Å². The number of amides is 2. The molecule has 8 nitrogen and oxygen atoms in total. The van der Waals surface area contributed by atoms with Gasteiger partial charge >= 0.3 is 0 Å². The third-order valence-electron chi connectivity index (χ3n) is 5.44. The molecular formula is C22H25N5O3. The van der Waals surface area contributed by atoms with Crippen LogP contribution in [0.25, 0.3) is 10.9 Å². The molecule has 1 saturated heterocycles. The predicted molar refractivity (Wildman–Crippen MR) is 112 cm³/mol. The second-order valence-electron chi connectivity index (χ2n) is 7.51. The van der Waals surface area contributed by atoms with Gasteiger partial charge in [-0.05, 0) is 25.3 Å². The number of nitrogens with zero attached hydrogens (tertiary/aromatic N) is 4. The van der Waals surface area contributed by atoms with Crippen molar-refractivity contribution in [1.82, 2.24) is 24.3 Å². The molecule has 2 amide bonds. The van der Waals surface area contributed by atoms with E-state index in [1.54, 1.807) is 23.3 Å². The Bertz CT molecular complexity index is 1050. The SMILES string of the molecule is O=C(NCCCn1ccnc1)C(=O)c1cn(CC(=O)N2CCCC2)c2ccccc12. The molecule has 0 aliphatic carbocycles. The minimum atomic E-state index is -0.630. The molecule has 8 heteroatoms. The molecule has 1 N–H and O–H groups in total. The van der Waals surface area contributed by atoms with Crippen molar-refractivity contribution in [2.45, 2.75) is 32.4 Å². The molecule has 1 fully saturated rings. The first-order valence-electron chi connectivity index (χ1n) is 10.3. The normalized spacial score (nSPS) is 13.7. The van der Waals surface area contributed by atoms with Crippen molar-refractivity contribution in [1.29, 1.82) is 0 Å². The third-order valence-corrected chi connectivity index (χ3v) is 5.44. The second kappa shape index (κ2) is 8.94. The maximum Gasteiger partial charge on any atom is 0.292 e. The molecule has 1 aliphatic rings. The lowest BCUT2D eigenvalue weighted by atomic mass is 10.1. The van der Waals surface area contributed by atoms with Gasteiger partial charge in [0.15, 0.2) is 0 Å². The van der Waals surface area contributed by atoms with Crippen LogP contribution < -0.4 is 5.32 Å². The largest absolute Gasteiger partial charge is 0.349 e. The summed E-state index contributed by atoms with van der Waals surface area (Å²) in [7, 11) is 0. The molecule has 0 saturated carbocycles. The van der Waals surface area contributed by atoms with Crippen molar-refractivity contribution in [3.05, 3.63) is 54.7 Å². The monoisotopic (exact) mass is 407 g/mol. The van der Waals surface area contributed by atoms with Crippen molar-refractivity contribution < 1.29 is 14.4 Å². The number of rotatable bonds is 8. The van der Waals surface area contributed by atoms with E-state index >= 15 is 0 Å². The minimum absolute atomic E-state index is 0.0382. The molecule has 0 radical (unpaired) electrons. The van der Waals surface area contributed by atoms with E-state index in [0.29, 0.717) is 30.5 Å². The Hall–Kier alpha value is -3.42. The van der Waals surface area contributed by atoms with E-state index in [0.717, 1.165) is 31.4 Å². The quantitative estimate of drug-likeness (QED) is 0.351. The van der Waals surface area contributed by atoms with Gasteiger partial charge in [0.2, 0.25) is 5.91 Å². The first-order chi connectivity index (χ1) is 14.6. The Morgan fingerprint density at radius 1 is 1.10 bits per heavy atom. The number of Topliss-reactive ketones (excluding diaryl/α,β-unsaturated/α-hetero) is 1. The number of nitrogens with one attached hydrogen (secondary N) is 1. The van der Waals surface area contributed by atoms with Gasteiger partial charge in [-0.15, -0.1) is 0 Å². The maximum atomic E-state index is 12.8. The average molecular weight is 407 g/mol. The van der Waals surface area contributed by atoms with Gasteiger partial charge < -0.3 is 19.4 Å². The van der Waals surface area contributed by atoms with E-state index in [2.05, 4.69) is 10.3 Å². The van der Waals surface area contributed by atoms with E-state index < -0.39 is 11.7 Å². The first-order valence-corrected chi connectivity index (χ1v) is 10.3. The lowest BCUT2D eigenvalue weighted by Gasteiger charge is -2.15. The van der Waals surface area contributed by atoms with Gasteiger partial charge in [0.05, 0.1) is 11.9 Å². The minimum Gasteiger partial charge on any atom is -0.349 e. The lowest BCUT2D eigenvalue weighted by molar-refractivity contribution is -0.130. The van der Waals surface area contributed by atoms with Crippen LogP contribution in [0.15, 0.2) is 49.2 Å². The van der Waals surface area contributed by atoms with Gasteiger partial charge in [0, 0.05) is 55.7 Å². The van der Waals surface area contributed by atoms with Crippen molar-refractivity contribution in [2.75, 3.05) is 19.6 Å². The standard InChI is InChI=1S/C22H25N5O3/c28-20(26-11-3-4-12-26)15-27-14-18(17-6-1-2-7-19(17)27)21(29)22(30)24-8-5-10-25-13-9-23-16-25/h1-2,6-7,9,13-14,16H,3-5,8,10-12,15H2,(H,24,30). The van der Waals surface area contributed by atoms with Crippen LogP contribution in [-0.2, 0) is 22.7 Å². The van der Waals surface area contributed by atoms with Crippen LogP contribution in [0, 0.1) is 0 Å². The summed E-state index contributed by atoms with van der Waals surface area (Å²) in [4.78, 5) is 43.6. The van der Waals surface area contributed by atoms with Gasteiger partial charge in [-0.25, -0.2) is 4.98 Å². The van der Waals surface area contributed by atoms with Gasteiger partial charge in [0.25, 0.3) is 11.7 Å². The lowest BCUT2D eigenvalue weighted by Crippen LogP contribution is -2.32. The molecule has 3 aromatic rings. The van der Waals surface area contributed by atoms with E-state index in [-0.39, 0.29) is 12.5 Å². The summed E-state index contributed by atoms with van der Waals surface area (Å²) >= 11 is 0. The predicted octanol–water partition coefficient (Wildman–Crippen LogP) is 1.85. The van der Waals surface area contributed by atoms with Gasteiger partial charge in [-0.3, -0.25) is 14.4 Å². The van der Waals surface area contributed by atoms with E-state index in [4.69, 9.17) is 0 Å². The van der Waals surface area contributed by atoms with Gasteiger partial charge in [-0.2, -0.15) is 0 Å². The van der Waals surface area contributed by atoms with Crippen LogP contribution >= 0.6 is 0 Å². The number of likely N-dealkylation sites (tertiary alicyclic amines) is 1. The summed E-state index contributed by atoms with van der Waals surface area (Å²) in [6, 6.07) is 7.37. The molecule has 0 unspecified atom stereocenters. The zero-order chi connectivity index (χ0) is 20.9. The Balaban J connectivity index is 1.44. The number of hydrogen-bond acceptors (Lipinski definition) is 4. The number of fused-ring (bicyclic) bond motifs is 1. The number of carbonyl (C=O) groups is 3. The van der Waals surface area contributed by atoms with Crippen LogP contribution in [0.4, 0.5) is 0 Å². The fourth-order valence-electron chi connectivity index (χ4n) is 3.86. The summed E-state index contributed by atoms with van der Waals surface area (Å²) in [6.07, 6.45) is 9.66. The number of aromatic nitrogens is 3. The second-order valence-corrected chi connectivity index (χ2v) is 7.51. The van der Waals surface area contributed by atoms with Crippen molar-refractivity contribution >= 4 is 28.5 Å². The van der Waals surface area contributed by atoms with Gasteiger partial charge in [-0.1, -0.05) is 18.2 Å². The summed E-state index contributed by atoms with van der Waals surface area (Å²) in [5.74, 6) is -1.17. The Morgan fingerprint density at radius 2 is 1.90 bits per heavy atom. The number of aryl methyl sites for hydroxylation is 1. The van der Waals surface area contributed by atoms with E-state index in [1.165, 1.54) is 0 Å². The van der Waals surface area contributed by atoms with Crippen LogP contribution in [0.1, 0.15) is 29.6 Å². The Labute approximate surface area is 174 Å². The smallest absolute Gasteiger partial charge is 0.292 e. The molecule has 4 rings (SSSR count). The summed E-state index contributed by atoms with van der Waals surface area (Å²) in [6.45, 7) is 2.85. The van der Waals surface area contributed by atoms with Crippen LogP contribution in [0.3, 0.4) is 0 Å². The zero-order valence-corrected chi connectivity index (χ0v) is 16.8. The fourth-order valence-corrected chi connectivity index (χ4v) is 3.86. The molecule has 30 heavy (non-hydrogen) atoms. The Morgan fingerprint density at radius 3 is 2.67 bits per heavy atom. The van der Waals surface area contributed by atoms with Crippen LogP contribution in [0.2, 0.25) is 0 Å². The van der Waals surface area contributed by atoms with E-state index in [9.17, 15) is 14.4 Å². The summed E-state index contributed by atoms with van der Waals surface area (Å²) in [5, 5.41) is 3.38. The highest BCUT2D eigenvalue weighted by Gasteiger charge is 2.23. The Kier molecular flexibility index (Phi) is 5.92. The first kappa shape index (κ1) is 19.9. The van der Waals surface area contributed by atoms with Crippen molar-refractivity contribution in [3.63, 3.8) is 0 Å². The zero-order valence-electron chi connectivity index (χ0n) is 16.8. The highest BCUT2D eigenvalue weighted by Crippen LogP contribution is 2.22. The number of imidazole rings is 1. The molecular weight excluding hydrogens is 382 g/mol. The summed E-state index contributed by atoms with van der Waals surface area (Å²) in [5.41, 5.74) is 1.10. The molecule has 0 spiro atoms. The molecule has 0 bridgehead atoms. The van der Waals surface area contributed by atoms with Crippen molar-refractivity contribution in [3.8, 4) is 0 Å². The maximum absolute atomic E-state index is 12.8. The molecule has 1 aliphatic heterocycles. The van der Waals surface area contributed by atoms with Crippen LogP contribution in [-0.4, -0.2) is 56.2 Å². The molecule has 3 heterocycles. The fraction of sp³-hybridized carbons (Fsp3) is 0.364. The molecule has 156 valence electrons. The number of benzene rings is 1. The number of para-hydroxylation sites is 1. The number of ketones is 1.